The molecule has 1 aliphatic rings. The minimum atomic E-state index is -3.11. The van der Waals surface area contributed by atoms with E-state index < -0.39 is 10.0 Å². The van der Waals surface area contributed by atoms with E-state index >= 15 is 0 Å². The number of nitrogens with zero attached hydrogens (tertiary/aromatic N) is 2. The average Bonchev–Trinajstić information content (AvgIpc) is 2.37. The Bertz CT molecular complexity index is 403. The molecule has 1 heterocycles. The van der Waals surface area contributed by atoms with Gasteiger partial charge in [0, 0.05) is 44.2 Å². The predicted molar refractivity (Wildman–Crippen MR) is 97.7 cm³/mol. The molecule has 0 bridgehead atoms. The third kappa shape index (κ3) is 7.89. The summed E-state index contributed by atoms with van der Waals surface area (Å²) in [6.45, 7) is 5.10. The molecule has 0 saturated carbocycles. The van der Waals surface area contributed by atoms with Crippen molar-refractivity contribution in [3.8, 4) is 0 Å². The van der Waals surface area contributed by atoms with Crippen LogP contribution in [0.1, 0.15) is 13.3 Å². The molecule has 2 N–H and O–H groups in total. The van der Waals surface area contributed by atoms with E-state index in [4.69, 9.17) is 0 Å². The summed E-state index contributed by atoms with van der Waals surface area (Å²) in [7, 11) is -1.35. The van der Waals surface area contributed by atoms with Gasteiger partial charge in [-0.05, 0) is 6.42 Å². The minimum absolute atomic E-state index is 0. The number of nitrogens with one attached hydrogen (secondary N) is 2. The highest BCUT2D eigenvalue weighted by molar-refractivity contribution is 14.0. The molecule has 0 amide bonds. The Morgan fingerprint density at radius 1 is 1.45 bits per heavy atom. The maximum atomic E-state index is 10.9. The van der Waals surface area contributed by atoms with Gasteiger partial charge in [-0.3, -0.25) is 4.99 Å². The monoisotopic (exact) mass is 436 g/mol. The molecule has 1 rings (SSSR count). The van der Waals surface area contributed by atoms with Crippen LogP contribution in [0.4, 0.5) is 0 Å². The van der Waals surface area contributed by atoms with Crippen LogP contribution in [0.5, 0.6) is 0 Å². The van der Waals surface area contributed by atoms with Gasteiger partial charge in [-0.25, -0.2) is 13.1 Å². The summed E-state index contributed by atoms with van der Waals surface area (Å²) >= 11 is 2.01. The predicted octanol–water partition coefficient (Wildman–Crippen LogP) is 0.556. The van der Waals surface area contributed by atoms with Gasteiger partial charge in [0.2, 0.25) is 10.0 Å². The van der Waals surface area contributed by atoms with E-state index in [1.807, 2.05) is 11.8 Å². The van der Waals surface area contributed by atoms with Gasteiger partial charge in [-0.15, -0.1) is 24.0 Å². The fraction of sp³-hybridized carbons (Fsp3) is 0.909. The largest absolute Gasteiger partial charge is 0.355 e. The topological polar surface area (TPSA) is 73.8 Å². The summed E-state index contributed by atoms with van der Waals surface area (Å²) in [4.78, 5) is 6.50. The van der Waals surface area contributed by atoms with E-state index in [0.717, 1.165) is 37.5 Å². The van der Waals surface area contributed by atoms with Gasteiger partial charge in [0.15, 0.2) is 5.96 Å². The molecule has 1 unspecified atom stereocenters. The van der Waals surface area contributed by atoms with Crippen LogP contribution in [0, 0.1) is 0 Å². The molecule has 0 aromatic heterocycles. The summed E-state index contributed by atoms with van der Waals surface area (Å²) in [6.07, 6.45) is 2.32. The van der Waals surface area contributed by atoms with Crippen LogP contribution in [0.2, 0.25) is 0 Å². The van der Waals surface area contributed by atoms with E-state index in [9.17, 15) is 8.42 Å². The lowest BCUT2D eigenvalue weighted by Gasteiger charge is -2.34. The first kappa shape index (κ1) is 20.3. The van der Waals surface area contributed by atoms with E-state index in [1.54, 1.807) is 7.05 Å². The number of rotatable bonds is 5. The molecule has 0 aromatic carbocycles. The van der Waals surface area contributed by atoms with Gasteiger partial charge in [-0.2, -0.15) is 11.8 Å². The van der Waals surface area contributed by atoms with Crippen LogP contribution >= 0.6 is 35.7 Å². The molecule has 6 nitrogen and oxygen atoms in total. The van der Waals surface area contributed by atoms with Crippen LogP contribution in [0.25, 0.3) is 0 Å². The number of thioether (sulfide) groups is 1. The number of guanidine groups is 1. The third-order valence-electron chi connectivity index (χ3n) is 2.88. The van der Waals surface area contributed by atoms with Crippen LogP contribution in [-0.2, 0) is 10.0 Å². The highest BCUT2D eigenvalue weighted by Crippen LogP contribution is 2.20. The second-order valence-electron chi connectivity index (χ2n) is 4.49. The SMILES string of the molecule is CCC1CN(C(=NC)NCCNS(C)(=O)=O)CCS1.I. The minimum Gasteiger partial charge on any atom is -0.355 e. The summed E-state index contributed by atoms with van der Waals surface area (Å²) < 4.78 is 24.3. The summed E-state index contributed by atoms with van der Waals surface area (Å²) in [5, 5.41) is 3.85. The van der Waals surface area contributed by atoms with E-state index in [-0.39, 0.29) is 24.0 Å². The Labute approximate surface area is 143 Å². The fourth-order valence-electron chi connectivity index (χ4n) is 1.90. The highest BCUT2D eigenvalue weighted by atomic mass is 127. The Morgan fingerprint density at radius 3 is 2.70 bits per heavy atom. The first-order valence-corrected chi connectivity index (χ1v) is 9.42. The quantitative estimate of drug-likeness (QED) is 0.285. The van der Waals surface area contributed by atoms with Gasteiger partial charge in [0.25, 0.3) is 0 Å². The standard InChI is InChI=1S/C11H24N4O2S2.HI/c1-4-10-9-15(7-8-18-10)11(12-2)13-5-6-14-19(3,16)17;/h10,14H,4-9H2,1-3H3,(H,12,13);1H. The number of aliphatic imine (C=N–C) groups is 1. The van der Waals surface area contributed by atoms with Crippen molar-refractivity contribution < 1.29 is 8.42 Å². The fourth-order valence-corrected chi connectivity index (χ4v) is 3.55. The van der Waals surface area contributed by atoms with Crippen LogP contribution < -0.4 is 10.0 Å². The zero-order valence-corrected chi connectivity index (χ0v) is 16.2. The van der Waals surface area contributed by atoms with Gasteiger partial charge in [-0.1, -0.05) is 6.92 Å². The van der Waals surface area contributed by atoms with Crippen molar-refractivity contribution in [3.05, 3.63) is 0 Å². The molecule has 0 radical (unpaired) electrons. The van der Waals surface area contributed by atoms with Crippen molar-refractivity contribution in [3.63, 3.8) is 0 Å². The smallest absolute Gasteiger partial charge is 0.208 e. The maximum Gasteiger partial charge on any atom is 0.208 e. The zero-order valence-electron chi connectivity index (χ0n) is 12.3. The molecule has 0 aliphatic carbocycles. The van der Waals surface area contributed by atoms with Gasteiger partial charge in [0.1, 0.15) is 0 Å². The normalized spacial score (nSPS) is 20.4. The van der Waals surface area contributed by atoms with Crippen LogP contribution in [0.15, 0.2) is 4.99 Å². The van der Waals surface area contributed by atoms with Crippen LogP contribution in [-0.4, -0.2) is 69.8 Å². The van der Waals surface area contributed by atoms with Crippen molar-refractivity contribution >= 4 is 51.7 Å². The van der Waals surface area contributed by atoms with Gasteiger partial charge in [0.05, 0.1) is 6.26 Å². The van der Waals surface area contributed by atoms with E-state index in [2.05, 4.69) is 26.9 Å². The third-order valence-corrected chi connectivity index (χ3v) is 4.98. The molecule has 1 aliphatic heterocycles. The first-order valence-electron chi connectivity index (χ1n) is 6.48. The van der Waals surface area contributed by atoms with E-state index in [0.29, 0.717) is 18.3 Å². The molecule has 20 heavy (non-hydrogen) atoms. The molecular weight excluding hydrogens is 411 g/mol. The number of halogens is 1. The number of hydrogen-bond donors (Lipinski definition) is 2. The van der Waals surface area contributed by atoms with Crippen molar-refractivity contribution in [2.75, 3.05) is 45.2 Å². The lowest BCUT2D eigenvalue weighted by atomic mass is 10.3. The Balaban J connectivity index is 0.00000361. The second kappa shape index (κ2) is 10.1. The molecule has 120 valence electrons. The lowest BCUT2D eigenvalue weighted by Crippen LogP contribution is -2.49. The average molecular weight is 436 g/mol. The Hall–Kier alpha value is 0.260. The van der Waals surface area contributed by atoms with Gasteiger partial charge < -0.3 is 10.2 Å². The van der Waals surface area contributed by atoms with Crippen molar-refractivity contribution in [2.45, 2.75) is 18.6 Å². The lowest BCUT2D eigenvalue weighted by molar-refractivity contribution is 0.408. The van der Waals surface area contributed by atoms with Crippen molar-refractivity contribution in [1.82, 2.24) is 14.9 Å². The van der Waals surface area contributed by atoms with Crippen LogP contribution in [0.3, 0.4) is 0 Å². The first-order chi connectivity index (χ1) is 8.96. The summed E-state index contributed by atoms with van der Waals surface area (Å²) in [5.74, 6) is 1.97. The van der Waals surface area contributed by atoms with E-state index in [1.165, 1.54) is 0 Å². The molecule has 0 spiro atoms. The van der Waals surface area contributed by atoms with Crippen molar-refractivity contribution in [1.29, 1.82) is 0 Å². The highest BCUT2D eigenvalue weighted by Gasteiger charge is 2.21. The molecule has 1 atom stereocenters. The molecule has 9 heteroatoms. The zero-order chi connectivity index (χ0) is 14.3. The molecule has 1 fully saturated rings. The summed E-state index contributed by atoms with van der Waals surface area (Å²) in [5.41, 5.74) is 0. The molecular formula is C11H25IN4O2S2. The number of sulfonamides is 1. The summed E-state index contributed by atoms with van der Waals surface area (Å²) in [6, 6.07) is 0. The second-order valence-corrected chi connectivity index (χ2v) is 7.73. The number of hydrogen-bond acceptors (Lipinski definition) is 4. The molecule has 1 saturated heterocycles. The Kier molecular flexibility index (Phi) is 10.2. The van der Waals surface area contributed by atoms with Crippen molar-refractivity contribution in [2.24, 2.45) is 4.99 Å². The molecule has 0 aromatic rings. The van der Waals surface area contributed by atoms with Gasteiger partial charge >= 0.3 is 0 Å². The maximum absolute atomic E-state index is 10.9. The Morgan fingerprint density at radius 2 is 2.15 bits per heavy atom.